The third-order valence-corrected chi connectivity index (χ3v) is 10.8. The van der Waals surface area contributed by atoms with Crippen molar-refractivity contribution in [2.75, 3.05) is 38.3 Å². The summed E-state index contributed by atoms with van der Waals surface area (Å²) < 4.78 is 28.5. The van der Waals surface area contributed by atoms with Gasteiger partial charge in [-0.1, -0.05) is 23.4 Å². The molecule has 3 aromatic rings. The van der Waals surface area contributed by atoms with Crippen LogP contribution in [0.5, 0.6) is 0 Å². The Balaban J connectivity index is 1.26. The second-order valence-corrected chi connectivity index (χ2v) is 15.0. The predicted octanol–water partition coefficient (Wildman–Crippen LogP) is 3.46. The van der Waals surface area contributed by atoms with E-state index in [0.717, 1.165) is 25.9 Å². The highest BCUT2D eigenvalue weighted by molar-refractivity contribution is 7.99. The lowest BCUT2D eigenvalue weighted by atomic mass is 9.73. The third kappa shape index (κ3) is 6.36. The normalized spacial score (nSPS) is 21.6. The number of nitrogens with zero attached hydrogens (tertiary/aromatic N) is 6. The van der Waals surface area contributed by atoms with Crippen molar-refractivity contribution in [3.63, 3.8) is 0 Å². The Morgan fingerprint density at radius 3 is 2.68 bits per heavy atom. The topological polar surface area (TPSA) is 130 Å². The van der Waals surface area contributed by atoms with Crippen molar-refractivity contribution in [1.29, 1.82) is 0 Å². The van der Waals surface area contributed by atoms with Crippen LogP contribution in [0.4, 0.5) is 5.95 Å². The van der Waals surface area contributed by atoms with E-state index in [1.165, 1.54) is 22.7 Å². The lowest BCUT2D eigenvalue weighted by molar-refractivity contribution is 0.0972. The van der Waals surface area contributed by atoms with Gasteiger partial charge in [-0.25, -0.2) is 9.97 Å². The molecule has 2 aromatic heterocycles. The first kappa shape index (κ1) is 30.5. The summed E-state index contributed by atoms with van der Waals surface area (Å²) in [5.74, 6) is 0.564. The van der Waals surface area contributed by atoms with E-state index in [2.05, 4.69) is 36.7 Å². The molecular weight excluding hydrogens is 586 g/mol. The number of rotatable bonds is 8. The zero-order valence-electron chi connectivity index (χ0n) is 23.9. The number of fused-ring (bicyclic) bond motifs is 1. The van der Waals surface area contributed by atoms with Gasteiger partial charge in [-0.15, -0.1) is 14.9 Å². The first-order chi connectivity index (χ1) is 19.5. The van der Waals surface area contributed by atoms with Gasteiger partial charge in [-0.05, 0) is 52.7 Å². The minimum absolute atomic E-state index is 0.00646. The molecule has 5 rings (SSSR count). The number of halogens is 1. The standard InChI is InChI=1S/C27H36ClN7O4S2/c1-17-23(33-41(37)26(2,3)4)27(15-39-17)8-10-34(11-9-27)25-29-14-20(31-32-25)40-19-7-6-18-21(22(19)28)24(36)35(16-30-18)12-13-38-5/h6-7,14,16-17,23,33H,8-13,15H2,1-5H3/t17-,23+,41?/m0/s1. The highest BCUT2D eigenvalue weighted by Crippen LogP contribution is 2.43. The molecule has 0 bridgehead atoms. The maximum absolute atomic E-state index is 13.0. The van der Waals surface area contributed by atoms with Gasteiger partial charge in [0, 0.05) is 41.9 Å². The summed E-state index contributed by atoms with van der Waals surface area (Å²) in [5, 5.41) is 10.0. The molecule has 3 atom stereocenters. The molecule has 1 N–H and O–H groups in total. The number of ether oxygens (including phenoxy) is 2. The first-order valence-corrected chi connectivity index (χ1v) is 16.0. The number of hydrogen-bond donors (Lipinski definition) is 1. The summed E-state index contributed by atoms with van der Waals surface area (Å²) >= 11 is 6.81. The maximum Gasteiger partial charge on any atom is 0.262 e. The average Bonchev–Trinajstić information content (AvgIpc) is 3.24. The van der Waals surface area contributed by atoms with Crippen LogP contribution in [0, 0.1) is 5.41 Å². The minimum Gasteiger partial charge on any atom is -0.598 e. The molecule has 2 aliphatic heterocycles. The fraction of sp³-hybridized carbons (Fsp3) is 0.593. The SMILES string of the molecule is COCCn1cnc2ccc(Sc3cnc(N4CCC5(CC4)CO[C@@H](C)[C@H]5N[S+]([O-])C(C)(C)C)nn3)c(Cl)c2c1=O. The summed E-state index contributed by atoms with van der Waals surface area (Å²) in [4.78, 5) is 24.8. The van der Waals surface area contributed by atoms with E-state index in [0.29, 0.717) is 51.6 Å². The van der Waals surface area contributed by atoms with Crippen LogP contribution in [0.1, 0.15) is 40.5 Å². The number of nitrogens with one attached hydrogen (secondary N) is 1. The van der Waals surface area contributed by atoms with E-state index in [4.69, 9.17) is 21.1 Å². The number of benzene rings is 1. The molecule has 14 heteroatoms. The van der Waals surface area contributed by atoms with Gasteiger partial charge in [0.15, 0.2) is 0 Å². The second-order valence-electron chi connectivity index (χ2n) is 11.5. The molecule has 2 aliphatic rings. The molecule has 0 radical (unpaired) electrons. The van der Waals surface area contributed by atoms with Gasteiger partial charge in [-0.2, -0.15) is 0 Å². The van der Waals surface area contributed by atoms with Gasteiger partial charge in [0.25, 0.3) is 5.56 Å². The van der Waals surface area contributed by atoms with Gasteiger partial charge in [-0.3, -0.25) is 9.36 Å². The summed E-state index contributed by atoms with van der Waals surface area (Å²) in [6.07, 6.45) is 4.92. The average molecular weight is 622 g/mol. The van der Waals surface area contributed by atoms with Crippen LogP contribution in [0.2, 0.25) is 5.02 Å². The van der Waals surface area contributed by atoms with Crippen LogP contribution in [-0.4, -0.2) is 79.6 Å². The third-order valence-electron chi connectivity index (χ3n) is 7.77. The molecule has 1 unspecified atom stereocenters. The highest BCUT2D eigenvalue weighted by atomic mass is 35.5. The first-order valence-electron chi connectivity index (χ1n) is 13.6. The molecule has 4 heterocycles. The van der Waals surface area contributed by atoms with Crippen LogP contribution < -0.4 is 15.2 Å². The Kier molecular flexibility index (Phi) is 9.15. The van der Waals surface area contributed by atoms with E-state index >= 15 is 0 Å². The van der Waals surface area contributed by atoms with Crippen molar-refractivity contribution in [1.82, 2.24) is 29.5 Å². The Hall–Kier alpha value is -2.00. The largest absolute Gasteiger partial charge is 0.598 e. The van der Waals surface area contributed by atoms with Crippen molar-refractivity contribution in [2.45, 2.75) is 73.9 Å². The fourth-order valence-corrected chi connectivity index (χ4v) is 7.40. The molecule has 222 valence electrons. The van der Waals surface area contributed by atoms with Gasteiger partial charge < -0.3 is 18.9 Å². The van der Waals surface area contributed by atoms with Gasteiger partial charge in [0.2, 0.25) is 5.95 Å². The van der Waals surface area contributed by atoms with Gasteiger partial charge >= 0.3 is 0 Å². The van der Waals surface area contributed by atoms with Crippen LogP contribution in [-0.2, 0) is 27.4 Å². The van der Waals surface area contributed by atoms with E-state index in [1.54, 1.807) is 19.4 Å². The van der Waals surface area contributed by atoms with Crippen molar-refractivity contribution < 1.29 is 14.0 Å². The van der Waals surface area contributed by atoms with Crippen LogP contribution >= 0.6 is 23.4 Å². The smallest absolute Gasteiger partial charge is 0.262 e. The Morgan fingerprint density at radius 1 is 1.27 bits per heavy atom. The number of piperidine rings is 1. The maximum atomic E-state index is 13.0. The summed E-state index contributed by atoms with van der Waals surface area (Å²) in [5.41, 5.74) is 0.236. The number of aromatic nitrogens is 5. The molecule has 1 aromatic carbocycles. The van der Waals surface area contributed by atoms with Crippen molar-refractivity contribution in [2.24, 2.45) is 5.41 Å². The summed E-state index contributed by atoms with van der Waals surface area (Å²) in [6, 6.07) is 3.62. The fourth-order valence-electron chi connectivity index (χ4n) is 5.28. The predicted molar refractivity (Wildman–Crippen MR) is 161 cm³/mol. The number of anilines is 1. The van der Waals surface area contributed by atoms with Crippen LogP contribution in [0.3, 0.4) is 0 Å². The molecule has 1 spiro atoms. The number of methoxy groups -OCH3 is 1. The Morgan fingerprint density at radius 2 is 2.02 bits per heavy atom. The second kappa shape index (κ2) is 12.3. The molecule has 11 nitrogen and oxygen atoms in total. The van der Waals surface area contributed by atoms with E-state index < -0.39 is 11.4 Å². The molecule has 0 saturated carbocycles. The number of hydrogen-bond acceptors (Lipinski definition) is 11. The lowest BCUT2D eigenvalue weighted by Crippen LogP contribution is -2.56. The molecule has 2 saturated heterocycles. The molecular formula is C27H36ClN7O4S2. The van der Waals surface area contributed by atoms with Crippen LogP contribution in [0.15, 0.2) is 39.4 Å². The zero-order valence-corrected chi connectivity index (χ0v) is 26.3. The highest BCUT2D eigenvalue weighted by Gasteiger charge is 2.52. The minimum atomic E-state index is -1.17. The van der Waals surface area contributed by atoms with Crippen LogP contribution in [0.25, 0.3) is 10.9 Å². The summed E-state index contributed by atoms with van der Waals surface area (Å²) in [6.45, 7) is 10.9. The van der Waals surface area contributed by atoms with Gasteiger partial charge in [0.05, 0.1) is 60.4 Å². The van der Waals surface area contributed by atoms with Gasteiger partial charge in [0.1, 0.15) is 9.77 Å². The molecule has 2 fully saturated rings. The Labute approximate surface area is 252 Å². The Bertz CT molecular complexity index is 1430. The monoisotopic (exact) mass is 621 g/mol. The lowest BCUT2D eigenvalue weighted by Gasteiger charge is -2.42. The van der Waals surface area contributed by atoms with E-state index in [1.807, 2.05) is 26.8 Å². The quantitative estimate of drug-likeness (QED) is 0.371. The molecule has 0 amide bonds. The zero-order chi connectivity index (χ0) is 29.4. The summed E-state index contributed by atoms with van der Waals surface area (Å²) in [7, 11) is 1.58. The molecule has 41 heavy (non-hydrogen) atoms. The molecule has 0 aliphatic carbocycles. The van der Waals surface area contributed by atoms with Crippen molar-refractivity contribution >= 4 is 51.6 Å². The van der Waals surface area contributed by atoms with E-state index in [9.17, 15) is 9.35 Å². The van der Waals surface area contributed by atoms with Crippen molar-refractivity contribution in [3.8, 4) is 0 Å². The van der Waals surface area contributed by atoms with E-state index in [-0.39, 0.29) is 27.9 Å². The van der Waals surface area contributed by atoms with Crippen molar-refractivity contribution in [3.05, 3.63) is 40.0 Å².